The van der Waals surface area contributed by atoms with Crippen LogP contribution in [0.4, 0.5) is 0 Å². The van der Waals surface area contributed by atoms with E-state index >= 15 is 0 Å². The molecule has 2 rings (SSSR count). The second-order valence-electron chi connectivity index (χ2n) is 6.77. The van der Waals surface area contributed by atoms with Crippen LogP contribution in [-0.2, 0) is 18.4 Å². The van der Waals surface area contributed by atoms with Gasteiger partial charge in [0.1, 0.15) is 6.54 Å². The van der Waals surface area contributed by atoms with Crippen LogP contribution in [0, 0.1) is 5.92 Å². The molecule has 0 radical (unpaired) electrons. The first kappa shape index (κ1) is 20.0. The van der Waals surface area contributed by atoms with Gasteiger partial charge >= 0.3 is 5.69 Å². The highest BCUT2D eigenvalue weighted by Crippen LogP contribution is 2.22. The fraction of sp³-hybridized carbons (Fsp3) is 0.421. The molecule has 0 bridgehead atoms. The minimum atomic E-state index is -0.516. The van der Waals surface area contributed by atoms with Crippen LogP contribution in [0.2, 0.25) is 5.02 Å². The molecule has 0 spiro atoms. The smallest absolute Gasteiger partial charge is 0.331 e. The molecule has 2 aromatic rings. The van der Waals surface area contributed by atoms with E-state index in [1.54, 1.807) is 12.1 Å². The van der Waals surface area contributed by atoms with E-state index in [2.05, 4.69) is 19.2 Å². The van der Waals surface area contributed by atoms with Crippen molar-refractivity contribution in [3.63, 3.8) is 0 Å². The van der Waals surface area contributed by atoms with Crippen molar-refractivity contribution in [2.45, 2.75) is 39.3 Å². The number of rotatable bonds is 7. The molecule has 1 N–H and O–H groups in total. The van der Waals surface area contributed by atoms with Crippen molar-refractivity contribution in [3.05, 3.63) is 68.0 Å². The Bertz CT molecular complexity index is 869. The first-order chi connectivity index (χ1) is 12.3. The highest BCUT2D eigenvalue weighted by Gasteiger charge is 2.16. The van der Waals surface area contributed by atoms with Crippen molar-refractivity contribution in [3.8, 4) is 0 Å². The average molecular weight is 378 g/mol. The van der Waals surface area contributed by atoms with Crippen molar-refractivity contribution >= 4 is 17.5 Å². The number of amides is 1. The number of carbonyl (C=O) groups is 1. The monoisotopic (exact) mass is 377 g/mol. The Morgan fingerprint density at radius 1 is 1.12 bits per heavy atom. The third-order valence-electron chi connectivity index (χ3n) is 4.21. The van der Waals surface area contributed by atoms with E-state index in [9.17, 15) is 14.4 Å². The third-order valence-corrected chi connectivity index (χ3v) is 4.47. The Balaban J connectivity index is 2.15. The molecule has 0 fully saturated rings. The SMILES string of the molecule is CC(C)CC[C@@H](NC(=O)Cn1ccc(=O)n(C)c1=O)c1ccc(Cl)cc1. The van der Waals surface area contributed by atoms with Crippen LogP contribution in [0.15, 0.2) is 46.1 Å². The molecule has 140 valence electrons. The van der Waals surface area contributed by atoms with Crippen molar-refractivity contribution < 1.29 is 4.79 Å². The quantitative estimate of drug-likeness (QED) is 0.805. The standard InChI is InChI=1S/C19H24ClN3O3/c1-13(2)4-9-16(14-5-7-15(20)8-6-14)21-17(24)12-23-11-10-18(25)22(3)19(23)26/h5-8,10-11,13,16H,4,9,12H2,1-3H3,(H,21,24)/t16-/m1/s1. The Hall–Kier alpha value is -2.34. The Morgan fingerprint density at radius 2 is 1.77 bits per heavy atom. The summed E-state index contributed by atoms with van der Waals surface area (Å²) in [5, 5.41) is 3.63. The zero-order valence-electron chi connectivity index (χ0n) is 15.2. The number of nitrogens with one attached hydrogen (secondary N) is 1. The number of halogens is 1. The summed E-state index contributed by atoms with van der Waals surface area (Å²) in [6.45, 7) is 4.12. The maximum absolute atomic E-state index is 12.5. The summed E-state index contributed by atoms with van der Waals surface area (Å²) in [6.07, 6.45) is 3.08. The van der Waals surface area contributed by atoms with E-state index in [4.69, 9.17) is 11.6 Å². The number of hydrogen-bond acceptors (Lipinski definition) is 3. The van der Waals surface area contributed by atoms with E-state index in [0.717, 1.165) is 23.0 Å². The first-order valence-corrected chi connectivity index (χ1v) is 8.97. The fourth-order valence-electron chi connectivity index (χ4n) is 2.65. The maximum Gasteiger partial charge on any atom is 0.331 e. The Morgan fingerprint density at radius 3 is 2.38 bits per heavy atom. The van der Waals surface area contributed by atoms with Gasteiger partial charge in [0.15, 0.2) is 0 Å². The molecule has 0 unspecified atom stereocenters. The van der Waals surface area contributed by atoms with Gasteiger partial charge in [-0.25, -0.2) is 4.79 Å². The largest absolute Gasteiger partial charge is 0.348 e. The van der Waals surface area contributed by atoms with E-state index in [1.807, 2.05) is 12.1 Å². The molecular weight excluding hydrogens is 354 g/mol. The number of benzene rings is 1. The lowest BCUT2D eigenvalue weighted by Gasteiger charge is -2.21. The van der Waals surface area contributed by atoms with Gasteiger partial charge in [0.25, 0.3) is 5.56 Å². The molecule has 1 aromatic heterocycles. The fourth-order valence-corrected chi connectivity index (χ4v) is 2.77. The van der Waals surface area contributed by atoms with Gasteiger partial charge in [-0.2, -0.15) is 0 Å². The van der Waals surface area contributed by atoms with Gasteiger partial charge in [-0.15, -0.1) is 0 Å². The molecule has 26 heavy (non-hydrogen) atoms. The van der Waals surface area contributed by atoms with Gasteiger partial charge in [-0.3, -0.25) is 18.7 Å². The highest BCUT2D eigenvalue weighted by atomic mass is 35.5. The summed E-state index contributed by atoms with van der Waals surface area (Å²) in [7, 11) is 1.39. The zero-order valence-corrected chi connectivity index (χ0v) is 16.0. The van der Waals surface area contributed by atoms with E-state index in [-0.39, 0.29) is 18.5 Å². The maximum atomic E-state index is 12.5. The van der Waals surface area contributed by atoms with Gasteiger partial charge < -0.3 is 5.32 Å². The summed E-state index contributed by atoms with van der Waals surface area (Å²) in [6, 6.07) is 8.49. The van der Waals surface area contributed by atoms with Crippen LogP contribution < -0.4 is 16.6 Å². The predicted molar refractivity (Wildman–Crippen MR) is 102 cm³/mol. The highest BCUT2D eigenvalue weighted by molar-refractivity contribution is 6.30. The van der Waals surface area contributed by atoms with E-state index in [1.165, 1.54) is 23.9 Å². The number of hydrogen-bond donors (Lipinski definition) is 1. The molecule has 0 saturated carbocycles. The van der Waals surface area contributed by atoms with E-state index < -0.39 is 11.2 Å². The van der Waals surface area contributed by atoms with Crippen LogP contribution in [0.1, 0.15) is 38.3 Å². The lowest BCUT2D eigenvalue weighted by Crippen LogP contribution is -2.40. The lowest BCUT2D eigenvalue weighted by molar-refractivity contribution is -0.122. The minimum absolute atomic E-state index is 0.140. The molecule has 6 nitrogen and oxygen atoms in total. The zero-order chi connectivity index (χ0) is 19.3. The second-order valence-corrected chi connectivity index (χ2v) is 7.20. The van der Waals surface area contributed by atoms with Gasteiger partial charge in [0.05, 0.1) is 6.04 Å². The summed E-state index contributed by atoms with van der Waals surface area (Å²) in [5.74, 6) is 0.224. The van der Waals surface area contributed by atoms with Crippen LogP contribution in [-0.4, -0.2) is 15.0 Å². The van der Waals surface area contributed by atoms with Gasteiger partial charge in [-0.1, -0.05) is 37.6 Å². The Kier molecular flexibility index (Phi) is 6.80. The average Bonchev–Trinajstić information content (AvgIpc) is 2.60. The molecule has 1 heterocycles. The number of aromatic nitrogens is 2. The summed E-state index contributed by atoms with van der Waals surface area (Å²) in [4.78, 5) is 36.0. The minimum Gasteiger partial charge on any atom is -0.348 e. The van der Waals surface area contributed by atoms with Crippen molar-refractivity contribution in [1.82, 2.24) is 14.5 Å². The molecule has 0 saturated heterocycles. The van der Waals surface area contributed by atoms with Gasteiger partial charge in [0.2, 0.25) is 5.91 Å². The predicted octanol–water partition coefficient (Wildman–Crippen LogP) is 2.49. The van der Waals surface area contributed by atoms with Crippen molar-refractivity contribution in [1.29, 1.82) is 0 Å². The van der Waals surface area contributed by atoms with Crippen LogP contribution in [0.3, 0.4) is 0 Å². The second kappa shape index (κ2) is 8.85. The van der Waals surface area contributed by atoms with Crippen LogP contribution >= 0.6 is 11.6 Å². The van der Waals surface area contributed by atoms with Crippen LogP contribution in [0.25, 0.3) is 0 Å². The van der Waals surface area contributed by atoms with Gasteiger partial charge in [-0.05, 0) is 36.5 Å². The molecule has 1 aromatic carbocycles. The summed E-state index contributed by atoms with van der Waals surface area (Å²) >= 11 is 5.95. The van der Waals surface area contributed by atoms with Gasteiger partial charge in [0, 0.05) is 24.3 Å². The van der Waals surface area contributed by atoms with Crippen LogP contribution in [0.5, 0.6) is 0 Å². The Labute approximate surface area is 157 Å². The topological polar surface area (TPSA) is 73.1 Å². The lowest BCUT2D eigenvalue weighted by atomic mass is 9.97. The van der Waals surface area contributed by atoms with Crippen molar-refractivity contribution in [2.24, 2.45) is 13.0 Å². The summed E-state index contributed by atoms with van der Waals surface area (Å²) in [5.41, 5.74) is 0.0525. The molecule has 1 atom stereocenters. The molecule has 0 aliphatic heterocycles. The molecule has 7 heteroatoms. The number of carbonyl (C=O) groups excluding carboxylic acids is 1. The summed E-state index contributed by atoms with van der Waals surface area (Å²) < 4.78 is 2.20. The number of nitrogens with zero attached hydrogens (tertiary/aromatic N) is 2. The van der Waals surface area contributed by atoms with E-state index in [0.29, 0.717) is 10.9 Å². The normalized spacial score (nSPS) is 12.2. The van der Waals surface area contributed by atoms with Crippen molar-refractivity contribution in [2.75, 3.05) is 0 Å². The third kappa shape index (κ3) is 5.33. The molecule has 1 amide bonds. The molecule has 0 aliphatic carbocycles. The molecular formula is C19H24ClN3O3. The first-order valence-electron chi connectivity index (χ1n) is 8.59. The molecule has 0 aliphatic rings.